The molecular weight excluding hydrogens is 299 g/mol. The molecule has 0 aromatic carbocycles. The minimum atomic E-state index is -4.08. The van der Waals surface area contributed by atoms with Crippen LogP contribution in [-0.2, 0) is 10.1 Å². The molecule has 0 aliphatic carbocycles. The standard InChI is InChI=1S/C6H10N2O3S4.Na/c1-12-5-7-8-6(14-5)13-3-2-4-15(9,10)11;/h2-4H2,1H3,(H,9,10,11);/q;+1/p-1. The predicted molar refractivity (Wildman–Crippen MR) is 61.6 cm³/mol. The zero-order valence-corrected chi connectivity index (χ0v) is 14.1. The van der Waals surface area contributed by atoms with Crippen LogP contribution >= 0.6 is 34.9 Å². The largest absolute Gasteiger partial charge is 1.00 e. The third-order valence-corrected chi connectivity index (χ3v) is 5.23. The van der Waals surface area contributed by atoms with E-state index in [0.717, 1.165) is 8.68 Å². The molecule has 0 bridgehead atoms. The number of hydrogen-bond donors (Lipinski definition) is 0. The summed E-state index contributed by atoms with van der Waals surface area (Å²) in [5, 5.41) is 7.80. The molecule has 0 radical (unpaired) electrons. The molecule has 86 valence electrons. The van der Waals surface area contributed by atoms with E-state index in [9.17, 15) is 13.0 Å². The average molecular weight is 308 g/mol. The Balaban J connectivity index is 0.00000225. The van der Waals surface area contributed by atoms with Gasteiger partial charge in [-0.1, -0.05) is 34.9 Å². The van der Waals surface area contributed by atoms with Crippen molar-refractivity contribution < 1.29 is 42.5 Å². The third kappa shape index (κ3) is 7.49. The van der Waals surface area contributed by atoms with Gasteiger partial charge in [-0.3, -0.25) is 0 Å². The Labute approximate surface area is 129 Å². The van der Waals surface area contributed by atoms with Gasteiger partial charge >= 0.3 is 29.6 Å². The van der Waals surface area contributed by atoms with Gasteiger partial charge in [0.15, 0.2) is 8.68 Å². The Morgan fingerprint density at radius 1 is 1.38 bits per heavy atom. The molecule has 10 heteroatoms. The van der Waals surface area contributed by atoms with E-state index in [4.69, 9.17) is 0 Å². The second kappa shape index (κ2) is 8.30. The van der Waals surface area contributed by atoms with Crippen LogP contribution in [0.15, 0.2) is 8.68 Å². The number of rotatable bonds is 6. The zero-order chi connectivity index (χ0) is 11.3. The van der Waals surface area contributed by atoms with E-state index in [2.05, 4.69) is 10.2 Å². The summed E-state index contributed by atoms with van der Waals surface area (Å²) in [7, 11) is -4.08. The van der Waals surface area contributed by atoms with Gasteiger partial charge in [0.2, 0.25) is 0 Å². The third-order valence-electron chi connectivity index (χ3n) is 1.33. The molecule has 0 saturated carbocycles. The Bertz CT molecular complexity index is 408. The maximum atomic E-state index is 10.3. The van der Waals surface area contributed by atoms with Crippen LogP contribution in [0.3, 0.4) is 0 Å². The molecule has 0 fully saturated rings. The molecule has 0 saturated heterocycles. The molecule has 0 N–H and O–H groups in total. The van der Waals surface area contributed by atoms with E-state index in [1.54, 1.807) is 0 Å². The van der Waals surface area contributed by atoms with E-state index in [1.165, 1.54) is 34.9 Å². The van der Waals surface area contributed by atoms with Crippen molar-refractivity contribution in [1.29, 1.82) is 0 Å². The SMILES string of the molecule is CSc1nnc(SCCCS(=O)(=O)[O-])s1.[Na+]. The molecule has 0 amide bonds. The van der Waals surface area contributed by atoms with Gasteiger partial charge in [0.05, 0.1) is 10.1 Å². The Morgan fingerprint density at radius 3 is 2.50 bits per heavy atom. The Kier molecular flexibility index (Phi) is 8.91. The summed E-state index contributed by atoms with van der Waals surface area (Å²) in [6.07, 6.45) is 2.27. The molecule has 0 spiro atoms. The summed E-state index contributed by atoms with van der Waals surface area (Å²) in [6, 6.07) is 0. The van der Waals surface area contributed by atoms with Crippen molar-refractivity contribution in [3.05, 3.63) is 0 Å². The van der Waals surface area contributed by atoms with Crippen molar-refractivity contribution in [2.24, 2.45) is 0 Å². The smallest absolute Gasteiger partial charge is 0.748 e. The van der Waals surface area contributed by atoms with E-state index < -0.39 is 10.1 Å². The molecule has 0 atom stereocenters. The van der Waals surface area contributed by atoms with Gasteiger partial charge in [-0.05, 0) is 12.7 Å². The molecule has 16 heavy (non-hydrogen) atoms. The fourth-order valence-corrected chi connectivity index (χ4v) is 3.86. The molecule has 0 aliphatic heterocycles. The second-order valence-corrected chi connectivity index (χ2v) is 7.40. The van der Waals surface area contributed by atoms with E-state index in [1.807, 2.05) is 6.26 Å². The van der Waals surface area contributed by atoms with Crippen LogP contribution in [-0.4, -0.2) is 40.9 Å². The number of aromatic nitrogens is 2. The van der Waals surface area contributed by atoms with Crippen molar-refractivity contribution in [2.75, 3.05) is 17.8 Å². The van der Waals surface area contributed by atoms with Gasteiger partial charge in [-0.15, -0.1) is 10.2 Å². The van der Waals surface area contributed by atoms with Crippen LogP contribution in [0.4, 0.5) is 0 Å². The normalized spacial score (nSPS) is 11.1. The quantitative estimate of drug-likeness (QED) is 0.268. The first-order chi connectivity index (χ1) is 7.01. The summed E-state index contributed by atoms with van der Waals surface area (Å²) in [6.45, 7) is 0. The van der Waals surface area contributed by atoms with Gasteiger partial charge < -0.3 is 4.55 Å². The molecule has 1 aromatic rings. The Hall–Kier alpha value is 1.17. The Morgan fingerprint density at radius 2 is 2.00 bits per heavy atom. The molecule has 1 aromatic heterocycles. The van der Waals surface area contributed by atoms with Crippen molar-refractivity contribution in [1.82, 2.24) is 10.2 Å². The molecule has 1 rings (SSSR count). The molecule has 0 aliphatic rings. The first-order valence-corrected chi connectivity index (χ1v) is 8.55. The number of nitrogens with zero attached hydrogens (tertiary/aromatic N) is 2. The predicted octanol–water partition coefficient (Wildman–Crippen LogP) is -1.71. The molecular formula is C6H9N2NaO3S4. The maximum Gasteiger partial charge on any atom is 1.00 e. The molecule has 5 nitrogen and oxygen atoms in total. The first kappa shape index (κ1) is 17.2. The van der Waals surface area contributed by atoms with Gasteiger partial charge in [0.1, 0.15) is 0 Å². The van der Waals surface area contributed by atoms with Gasteiger partial charge in [-0.2, -0.15) is 0 Å². The van der Waals surface area contributed by atoms with Gasteiger partial charge in [0, 0.05) is 11.5 Å². The topological polar surface area (TPSA) is 83.0 Å². The van der Waals surface area contributed by atoms with Gasteiger partial charge in [0.25, 0.3) is 0 Å². The van der Waals surface area contributed by atoms with Crippen molar-refractivity contribution in [2.45, 2.75) is 15.1 Å². The number of hydrogen-bond acceptors (Lipinski definition) is 8. The van der Waals surface area contributed by atoms with Crippen LogP contribution < -0.4 is 29.6 Å². The summed E-state index contributed by atoms with van der Waals surface area (Å²) < 4.78 is 32.6. The van der Waals surface area contributed by atoms with Gasteiger partial charge in [-0.25, -0.2) is 8.42 Å². The minimum absolute atomic E-state index is 0. The monoisotopic (exact) mass is 308 g/mol. The maximum absolute atomic E-state index is 10.3. The van der Waals surface area contributed by atoms with Crippen LogP contribution in [0, 0.1) is 0 Å². The molecule has 1 heterocycles. The molecule has 0 unspecified atom stereocenters. The van der Waals surface area contributed by atoms with Crippen LogP contribution in [0.25, 0.3) is 0 Å². The van der Waals surface area contributed by atoms with E-state index >= 15 is 0 Å². The van der Waals surface area contributed by atoms with E-state index in [0.29, 0.717) is 12.2 Å². The average Bonchev–Trinajstić information content (AvgIpc) is 2.59. The van der Waals surface area contributed by atoms with E-state index in [-0.39, 0.29) is 35.3 Å². The summed E-state index contributed by atoms with van der Waals surface area (Å²) >= 11 is 4.41. The van der Waals surface area contributed by atoms with Crippen LogP contribution in [0.2, 0.25) is 0 Å². The van der Waals surface area contributed by atoms with Crippen molar-refractivity contribution in [3.8, 4) is 0 Å². The second-order valence-electron chi connectivity index (χ2n) is 2.50. The summed E-state index contributed by atoms with van der Waals surface area (Å²) in [5.41, 5.74) is 0. The summed E-state index contributed by atoms with van der Waals surface area (Å²) in [5.74, 6) is 0.263. The summed E-state index contributed by atoms with van der Waals surface area (Å²) in [4.78, 5) is 0. The van der Waals surface area contributed by atoms with Crippen molar-refractivity contribution in [3.63, 3.8) is 0 Å². The van der Waals surface area contributed by atoms with Crippen LogP contribution in [0.1, 0.15) is 6.42 Å². The number of thioether (sulfide) groups is 2. The van der Waals surface area contributed by atoms with Crippen LogP contribution in [0.5, 0.6) is 0 Å². The fourth-order valence-electron chi connectivity index (χ4n) is 0.733. The zero-order valence-electron chi connectivity index (χ0n) is 8.87. The van der Waals surface area contributed by atoms with Crippen molar-refractivity contribution >= 4 is 45.0 Å². The first-order valence-electron chi connectivity index (χ1n) is 3.95. The minimum Gasteiger partial charge on any atom is -0.748 e. The fraction of sp³-hybridized carbons (Fsp3) is 0.667.